The number of aryl methyl sites for hydroxylation is 1. The average Bonchev–Trinajstić information content (AvgIpc) is 3.23. The van der Waals surface area contributed by atoms with Crippen molar-refractivity contribution in [2.75, 3.05) is 18.4 Å². The fraction of sp³-hybridized carbons (Fsp3) is 0.562. The number of carbonyl (C=O) groups excluding carboxylic acids is 2. The van der Waals surface area contributed by atoms with Crippen LogP contribution in [0.2, 0.25) is 0 Å². The van der Waals surface area contributed by atoms with Crippen LogP contribution in [0.25, 0.3) is 0 Å². The van der Waals surface area contributed by atoms with Crippen molar-refractivity contribution < 1.29 is 14.1 Å². The van der Waals surface area contributed by atoms with E-state index in [9.17, 15) is 9.59 Å². The van der Waals surface area contributed by atoms with E-state index in [0.29, 0.717) is 48.3 Å². The molecule has 1 fully saturated rings. The van der Waals surface area contributed by atoms with Crippen molar-refractivity contribution in [2.24, 2.45) is 5.92 Å². The Hall–Kier alpha value is -2.29. The lowest BCUT2D eigenvalue weighted by Crippen LogP contribution is -2.41. The third-order valence-electron chi connectivity index (χ3n) is 4.30. The molecule has 9 heteroatoms. The van der Waals surface area contributed by atoms with Crippen LogP contribution in [0.4, 0.5) is 5.13 Å². The molecule has 0 spiro atoms. The first-order valence-electron chi connectivity index (χ1n) is 8.30. The summed E-state index contributed by atoms with van der Waals surface area (Å²) in [7, 11) is 0. The van der Waals surface area contributed by atoms with E-state index in [2.05, 4.69) is 20.7 Å². The van der Waals surface area contributed by atoms with Crippen molar-refractivity contribution in [3.63, 3.8) is 0 Å². The highest BCUT2D eigenvalue weighted by molar-refractivity contribution is 7.15. The first kappa shape index (κ1) is 17.5. The molecule has 2 amide bonds. The van der Waals surface area contributed by atoms with E-state index >= 15 is 0 Å². The smallest absolute Gasteiger partial charge is 0.259 e. The lowest BCUT2D eigenvalue weighted by molar-refractivity contribution is -0.121. The second kappa shape index (κ2) is 7.30. The van der Waals surface area contributed by atoms with Gasteiger partial charge >= 0.3 is 0 Å². The summed E-state index contributed by atoms with van der Waals surface area (Å²) in [6, 6.07) is 0. The summed E-state index contributed by atoms with van der Waals surface area (Å²) in [4.78, 5) is 26.6. The summed E-state index contributed by atoms with van der Waals surface area (Å²) in [6.07, 6.45) is 2.69. The molecule has 134 valence electrons. The molecule has 2 aromatic rings. The zero-order chi connectivity index (χ0) is 18.0. The molecule has 25 heavy (non-hydrogen) atoms. The van der Waals surface area contributed by atoms with Crippen LogP contribution in [0.15, 0.2) is 10.7 Å². The predicted octanol–water partition coefficient (Wildman–Crippen LogP) is 2.45. The number of rotatable bonds is 4. The van der Waals surface area contributed by atoms with E-state index in [1.54, 1.807) is 11.8 Å². The number of anilines is 1. The number of hydrogen-bond acceptors (Lipinski definition) is 7. The van der Waals surface area contributed by atoms with Gasteiger partial charge in [0, 0.05) is 24.9 Å². The monoisotopic (exact) mass is 363 g/mol. The van der Waals surface area contributed by atoms with Gasteiger partial charge in [0.15, 0.2) is 0 Å². The topological polar surface area (TPSA) is 101 Å². The zero-order valence-electron chi connectivity index (χ0n) is 14.5. The van der Waals surface area contributed by atoms with Crippen molar-refractivity contribution >= 4 is 28.3 Å². The Balaban J connectivity index is 1.54. The fourth-order valence-corrected chi connectivity index (χ4v) is 3.49. The number of aromatic nitrogens is 3. The van der Waals surface area contributed by atoms with Gasteiger partial charge in [-0.15, -0.1) is 10.2 Å². The summed E-state index contributed by atoms with van der Waals surface area (Å²) >= 11 is 1.40. The minimum absolute atomic E-state index is 0.0558. The first-order valence-corrected chi connectivity index (χ1v) is 9.12. The molecule has 0 saturated carbocycles. The fourth-order valence-electron chi connectivity index (χ4n) is 2.74. The molecule has 1 aliphatic rings. The van der Waals surface area contributed by atoms with Crippen LogP contribution in [-0.4, -0.2) is 45.2 Å². The van der Waals surface area contributed by atoms with E-state index in [1.165, 1.54) is 17.5 Å². The molecular weight excluding hydrogens is 342 g/mol. The number of hydrogen-bond donors (Lipinski definition) is 1. The highest BCUT2D eigenvalue weighted by atomic mass is 32.1. The Morgan fingerprint density at radius 2 is 2.04 bits per heavy atom. The van der Waals surface area contributed by atoms with Crippen LogP contribution < -0.4 is 5.32 Å². The lowest BCUT2D eigenvalue weighted by atomic mass is 9.95. The van der Waals surface area contributed by atoms with Gasteiger partial charge in [0.1, 0.15) is 16.3 Å². The van der Waals surface area contributed by atoms with Crippen LogP contribution in [-0.2, 0) is 4.79 Å². The Bertz CT molecular complexity index is 761. The molecule has 1 saturated heterocycles. The molecule has 0 aromatic carbocycles. The Labute approximate surface area is 149 Å². The van der Waals surface area contributed by atoms with Crippen LogP contribution in [0.3, 0.4) is 0 Å². The molecule has 1 aliphatic heterocycles. The molecule has 2 aromatic heterocycles. The molecular formula is C16H21N5O3S. The Morgan fingerprint density at radius 3 is 2.60 bits per heavy atom. The molecule has 1 N–H and O–H groups in total. The molecule has 0 unspecified atom stereocenters. The molecule has 3 heterocycles. The van der Waals surface area contributed by atoms with Crippen molar-refractivity contribution in [3.05, 3.63) is 22.5 Å². The molecule has 0 atom stereocenters. The van der Waals surface area contributed by atoms with Crippen molar-refractivity contribution in [3.8, 4) is 0 Å². The number of carbonyl (C=O) groups is 2. The number of piperidine rings is 1. The number of likely N-dealkylation sites (tertiary alicyclic amines) is 1. The third-order valence-corrected chi connectivity index (χ3v) is 5.44. The normalized spacial score (nSPS) is 15.6. The molecule has 8 nitrogen and oxygen atoms in total. The van der Waals surface area contributed by atoms with Crippen LogP contribution in [0.5, 0.6) is 0 Å². The minimum Gasteiger partial charge on any atom is -0.361 e. The zero-order valence-corrected chi connectivity index (χ0v) is 15.3. The maximum absolute atomic E-state index is 12.4. The maximum Gasteiger partial charge on any atom is 0.259 e. The summed E-state index contributed by atoms with van der Waals surface area (Å²) < 4.78 is 4.95. The highest BCUT2D eigenvalue weighted by Crippen LogP contribution is 2.25. The Morgan fingerprint density at radius 1 is 1.32 bits per heavy atom. The van der Waals surface area contributed by atoms with Gasteiger partial charge < -0.3 is 14.7 Å². The maximum atomic E-state index is 12.4. The number of nitrogens with one attached hydrogen (secondary N) is 1. The van der Waals surface area contributed by atoms with E-state index in [4.69, 9.17) is 4.52 Å². The van der Waals surface area contributed by atoms with Gasteiger partial charge in [0.05, 0.1) is 6.20 Å². The second-order valence-electron chi connectivity index (χ2n) is 6.45. The van der Waals surface area contributed by atoms with Crippen molar-refractivity contribution in [2.45, 2.75) is 39.5 Å². The van der Waals surface area contributed by atoms with Crippen molar-refractivity contribution in [1.29, 1.82) is 0 Å². The summed E-state index contributed by atoms with van der Waals surface area (Å²) in [5, 5.41) is 16.0. The van der Waals surface area contributed by atoms with Crippen LogP contribution in [0.1, 0.15) is 53.7 Å². The van der Waals surface area contributed by atoms with E-state index in [1.807, 2.05) is 13.8 Å². The minimum atomic E-state index is -0.126. The largest absolute Gasteiger partial charge is 0.361 e. The summed E-state index contributed by atoms with van der Waals surface area (Å²) in [5.74, 6) is 0.530. The van der Waals surface area contributed by atoms with Gasteiger partial charge in [-0.2, -0.15) is 0 Å². The summed E-state index contributed by atoms with van der Waals surface area (Å²) in [6.45, 7) is 6.86. The predicted molar refractivity (Wildman–Crippen MR) is 92.5 cm³/mol. The number of nitrogens with zero attached hydrogens (tertiary/aromatic N) is 4. The van der Waals surface area contributed by atoms with Gasteiger partial charge in [-0.05, 0) is 19.8 Å². The van der Waals surface area contributed by atoms with E-state index in [0.717, 1.165) is 5.01 Å². The van der Waals surface area contributed by atoms with Gasteiger partial charge in [-0.3, -0.25) is 9.59 Å². The molecule has 3 rings (SSSR count). The van der Waals surface area contributed by atoms with Gasteiger partial charge in [0.25, 0.3) is 5.91 Å². The van der Waals surface area contributed by atoms with Crippen LogP contribution >= 0.6 is 11.3 Å². The quantitative estimate of drug-likeness (QED) is 0.895. The Kier molecular flexibility index (Phi) is 5.12. The van der Waals surface area contributed by atoms with Gasteiger partial charge in [0.2, 0.25) is 11.0 Å². The summed E-state index contributed by atoms with van der Waals surface area (Å²) in [5.41, 5.74) is 0.484. The third kappa shape index (κ3) is 3.87. The molecule has 0 bridgehead atoms. The van der Waals surface area contributed by atoms with Gasteiger partial charge in [-0.1, -0.05) is 30.3 Å². The number of amides is 2. The first-order chi connectivity index (χ1) is 12.0. The van der Waals surface area contributed by atoms with E-state index in [-0.39, 0.29) is 17.7 Å². The SMILES string of the molecule is Cc1oncc1C(=O)N1CCC(C(=O)Nc2nnc(C(C)C)s2)CC1. The average molecular weight is 363 g/mol. The van der Waals surface area contributed by atoms with E-state index < -0.39 is 0 Å². The highest BCUT2D eigenvalue weighted by Gasteiger charge is 2.29. The molecule has 0 radical (unpaired) electrons. The van der Waals surface area contributed by atoms with Gasteiger partial charge in [-0.25, -0.2) is 0 Å². The standard InChI is InChI=1S/C16H21N5O3S/c1-9(2)14-19-20-16(25-14)18-13(22)11-4-6-21(7-5-11)15(23)12-8-17-24-10(12)3/h8-9,11H,4-7H2,1-3H3,(H,18,20,22). The lowest BCUT2D eigenvalue weighted by Gasteiger charge is -2.30. The second-order valence-corrected chi connectivity index (χ2v) is 7.46. The van der Waals surface area contributed by atoms with Crippen molar-refractivity contribution in [1.82, 2.24) is 20.3 Å². The molecule has 0 aliphatic carbocycles. The van der Waals surface area contributed by atoms with Crippen LogP contribution in [0, 0.1) is 12.8 Å².